The van der Waals surface area contributed by atoms with E-state index in [1.165, 1.54) is 5.56 Å². The average molecular weight is 405 g/mol. The Kier molecular flexibility index (Phi) is 6.57. The second-order valence-electron chi connectivity index (χ2n) is 6.56. The molecule has 0 saturated heterocycles. The number of rotatable bonds is 9. The van der Waals surface area contributed by atoms with E-state index < -0.39 is 10.0 Å². The summed E-state index contributed by atoms with van der Waals surface area (Å²) in [6, 6.07) is 14.3. The highest BCUT2D eigenvalue weighted by molar-refractivity contribution is 7.98. The van der Waals surface area contributed by atoms with Gasteiger partial charge in [0.15, 0.2) is 0 Å². The Hall–Kier alpha value is -1.83. The highest BCUT2D eigenvalue weighted by Crippen LogP contribution is 2.22. The average Bonchev–Trinajstić information content (AvgIpc) is 3.48. The molecule has 0 unspecified atom stereocenters. The largest absolute Gasteiger partial charge is 0.348 e. The highest BCUT2D eigenvalue weighted by atomic mass is 32.2. The Morgan fingerprint density at radius 1 is 1.04 bits per heavy atom. The standard InChI is InChI=1S/C20H24N2O3S2/c1-2-26-14-16-3-7-17(8-4-16)20(23)21-13-15-5-11-19(12-6-15)27(24,25)22-18-9-10-18/h3-8,11-12,18,22H,2,9-10,13-14H2,1H3,(H,21,23). The predicted molar refractivity (Wildman–Crippen MR) is 109 cm³/mol. The van der Waals surface area contributed by atoms with Gasteiger partial charge in [0.25, 0.3) is 5.91 Å². The molecule has 0 aromatic heterocycles. The Morgan fingerprint density at radius 3 is 2.26 bits per heavy atom. The summed E-state index contributed by atoms with van der Waals surface area (Å²) < 4.78 is 27.0. The van der Waals surface area contributed by atoms with Crippen LogP contribution in [0, 0.1) is 0 Å². The molecule has 2 aromatic rings. The summed E-state index contributed by atoms with van der Waals surface area (Å²) in [5.74, 6) is 1.87. The monoisotopic (exact) mass is 404 g/mol. The van der Waals surface area contributed by atoms with Gasteiger partial charge in [-0.1, -0.05) is 31.2 Å². The van der Waals surface area contributed by atoms with E-state index in [1.54, 1.807) is 24.3 Å². The number of amides is 1. The van der Waals surface area contributed by atoms with Gasteiger partial charge in [-0.2, -0.15) is 11.8 Å². The second kappa shape index (κ2) is 8.91. The molecule has 1 aliphatic rings. The molecule has 5 nitrogen and oxygen atoms in total. The maximum atomic E-state index is 12.3. The molecule has 0 heterocycles. The lowest BCUT2D eigenvalue weighted by Crippen LogP contribution is -2.26. The third kappa shape index (κ3) is 5.82. The van der Waals surface area contributed by atoms with Crippen LogP contribution < -0.4 is 10.0 Å². The maximum Gasteiger partial charge on any atom is 0.251 e. The normalized spacial score (nSPS) is 14.1. The number of hydrogen-bond acceptors (Lipinski definition) is 4. The van der Waals surface area contributed by atoms with E-state index in [2.05, 4.69) is 17.0 Å². The lowest BCUT2D eigenvalue weighted by Gasteiger charge is -2.08. The third-order valence-corrected chi connectivity index (χ3v) is 6.76. The fraction of sp³-hybridized carbons (Fsp3) is 0.350. The van der Waals surface area contributed by atoms with Crippen LogP contribution in [0.5, 0.6) is 0 Å². The van der Waals surface area contributed by atoms with Gasteiger partial charge in [0.2, 0.25) is 10.0 Å². The van der Waals surface area contributed by atoms with Crippen molar-refractivity contribution in [2.45, 2.75) is 43.0 Å². The number of hydrogen-bond donors (Lipinski definition) is 2. The molecule has 27 heavy (non-hydrogen) atoms. The van der Waals surface area contributed by atoms with Gasteiger partial charge in [-0.3, -0.25) is 4.79 Å². The smallest absolute Gasteiger partial charge is 0.251 e. The van der Waals surface area contributed by atoms with Gasteiger partial charge in [0, 0.05) is 23.9 Å². The van der Waals surface area contributed by atoms with E-state index in [4.69, 9.17) is 0 Å². The Morgan fingerprint density at radius 2 is 1.67 bits per heavy atom. The molecule has 1 aliphatic carbocycles. The van der Waals surface area contributed by atoms with Crippen LogP contribution in [0.4, 0.5) is 0 Å². The topological polar surface area (TPSA) is 75.3 Å². The van der Waals surface area contributed by atoms with Gasteiger partial charge in [-0.05, 0) is 54.0 Å². The van der Waals surface area contributed by atoms with Crippen molar-refractivity contribution < 1.29 is 13.2 Å². The van der Waals surface area contributed by atoms with E-state index in [9.17, 15) is 13.2 Å². The molecule has 0 aliphatic heterocycles. The number of sulfonamides is 1. The van der Waals surface area contributed by atoms with Crippen LogP contribution in [-0.4, -0.2) is 26.1 Å². The molecule has 0 radical (unpaired) electrons. The third-order valence-electron chi connectivity index (χ3n) is 4.27. The van der Waals surface area contributed by atoms with Gasteiger partial charge in [-0.15, -0.1) is 0 Å². The zero-order valence-corrected chi connectivity index (χ0v) is 16.9. The van der Waals surface area contributed by atoms with E-state index >= 15 is 0 Å². The van der Waals surface area contributed by atoms with Crippen molar-refractivity contribution in [2.24, 2.45) is 0 Å². The summed E-state index contributed by atoms with van der Waals surface area (Å²) in [6.07, 6.45) is 1.81. The Labute approximate surface area is 165 Å². The van der Waals surface area contributed by atoms with Crippen LogP contribution in [0.15, 0.2) is 53.4 Å². The molecule has 2 aromatic carbocycles. The SMILES string of the molecule is CCSCc1ccc(C(=O)NCc2ccc(S(=O)(=O)NC3CC3)cc2)cc1. The van der Waals surface area contributed by atoms with Gasteiger partial charge < -0.3 is 5.32 Å². The minimum Gasteiger partial charge on any atom is -0.348 e. The molecule has 0 atom stereocenters. The quantitative estimate of drug-likeness (QED) is 0.672. The van der Waals surface area contributed by atoms with Crippen LogP contribution in [0.1, 0.15) is 41.3 Å². The van der Waals surface area contributed by atoms with Gasteiger partial charge in [0.05, 0.1) is 4.90 Å². The van der Waals surface area contributed by atoms with Gasteiger partial charge >= 0.3 is 0 Å². The molecular weight excluding hydrogens is 380 g/mol. The number of benzene rings is 2. The van der Waals surface area contributed by atoms with Gasteiger partial charge in [0.1, 0.15) is 0 Å². The van der Waals surface area contributed by atoms with Crippen molar-refractivity contribution in [1.82, 2.24) is 10.0 Å². The van der Waals surface area contributed by atoms with Crippen LogP contribution in [-0.2, 0) is 22.3 Å². The lowest BCUT2D eigenvalue weighted by atomic mass is 10.1. The van der Waals surface area contributed by atoms with Crippen LogP contribution >= 0.6 is 11.8 Å². The Bertz CT molecular complexity index is 874. The summed E-state index contributed by atoms with van der Waals surface area (Å²) in [5, 5.41) is 2.87. The summed E-state index contributed by atoms with van der Waals surface area (Å²) in [6.45, 7) is 2.47. The fourth-order valence-corrected chi connectivity index (χ4v) is 4.47. The minimum absolute atomic E-state index is 0.0842. The van der Waals surface area contributed by atoms with Crippen molar-refractivity contribution in [3.63, 3.8) is 0 Å². The second-order valence-corrected chi connectivity index (χ2v) is 9.54. The molecule has 0 spiro atoms. The first-order valence-corrected chi connectivity index (χ1v) is 11.7. The molecule has 0 bridgehead atoms. The summed E-state index contributed by atoms with van der Waals surface area (Å²) in [4.78, 5) is 12.5. The summed E-state index contributed by atoms with van der Waals surface area (Å²) in [7, 11) is -3.44. The van der Waals surface area contributed by atoms with E-state index in [0.717, 1.165) is 29.9 Å². The van der Waals surface area contributed by atoms with Crippen LogP contribution in [0.2, 0.25) is 0 Å². The maximum absolute atomic E-state index is 12.3. The summed E-state index contributed by atoms with van der Waals surface area (Å²) >= 11 is 1.84. The molecule has 1 amide bonds. The first kappa shape index (κ1) is 19.9. The van der Waals surface area contributed by atoms with Crippen LogP contribution in [0.3, 0.4) is 0 Å². The van der Waals surface area contributed by atoms with Gasteiger partial charge in [-0.25, -0.2) is 13.1 Å². The first-order chi connectivity index (χ1) is 13.0. The molecule has 1 saturated carbocycles. The molecule has 7 heteroatoms. The number of carbonyl (C=O) groups excluding carboxylic acids is 1. The first-order valence-electron chi connectivity index (χ1n) is 9.04. The van der Waals surface area contributed by atoms with E-state index in [-0.39, 0.29) is 16.8 Å². The summed E-state index contributed by atoms with van der Waals surface area (Å²) in [5.41, 5.74) is 2.67. The lowest BCUT2D eigenvalue weighted by molar-refractivity contribution is 0.0951. The van der Waals surface area contributed by atoms with E-state index in [1.807, 2.05) is 36.0 Å². The Balaban J connectivity index is 1.54. The van der Waals surface area contributed by atoms with E-state index in [0.29, 0.717) is 12.1 Å². The zero-order valence-electron chi connectivity index (χ0n) is 15.3. The molecule has 2 N–H and O–H groups in total. The highest BCUT2D eigenvalue weighted by Gasteiger charge is 2.27. The molecule has 144 valence electrons. The number of thioether (sulfide) groups is 1. The van der Waals surface area contributed by atoms with Crippen LogP contribution in [0.25, 0.3) is 0 Å². The number of nitrogens with one attached hydrogen (secondary N) is 2. The fourth-order valence-electron chi connectivity index (χ4n) is 2.53. The predicted octanol–water partition coefficient (Wildman–Crippen LogP) is 3.31. The minimum atomic E-state index is -3.44. The molecule has 1 fully saturated rings. The number of carbonyl (C=O) groups is 1. The zero-order chi connectivity index (χ0) is 19.3. The molecular formula is C20H24N2O3S2. The van der Waals surface area contributed by atoms with Crippen molar-refractivity contribution in [1.29, 1.82) is 0 Å². The van der Waals surface area contributed by atoms with Crippen molar-refractivity contribution in [2.75, 3.05) is 5.75 Å². The van der Waals surface area contributed by atoms with Crippen molar-refractivity contribution in [3.05, 3.63) is 65.2 Å². The van der Waals surface area contributed by atoms with Crippen molar-refractivity contribution >= 4 is 27.7 Å². The molecule has 3 rings (SSSR count). The van der Waals surface area contributed by atoms with Crippen molar-refractivity contribution in [3.8, 4) is 0 Å².